The molecule has 2 heterocycles. The largest absolute Gasteiger partial charge is 0.423 e. The molecule has 0 N–H and O–H groups in total. The molecule has 0 saturated heterocycles. The SMILES string of the molecule is O=C(Oc1ccc(C#Cc2cccnc2)cc1)c1ccncc1. The maximum absolute atomic E-state index is 11.9. The van der Waals surface area contributed by atoms with Gasteiger partial charge in [-0.25, -0.2) is 4.79 Å². The highest BCUT2D eigenvalue weighted by Crippen LogP contribution is 2.13. The molecule has 0 fully saturated rings. The normalized spacial score (nSPS) is 9.57. The summed E-state index contributed by atoms with van der Waals surface area (Å²) in [6.45, 7) is 0. The lowest BCUT2D eigenvalue weighted by atomic mass is 10.2. The summed E-state index contributed by atoms with van der Waals surface area (Å²) < 4.78 is 5.29. The van der Waals surface area contributed by atoms with Gasteiger partial charge < -0.3 is 4.74 Å². The van der Waals surface area contributed by atoms with E-state index in [4.69, 9.17) is 4.74 Å². The second kappa shape index (κ2) is 7.01. The van der Waals surface area contributed by atoms with Gasteiger partial charge >= 0.3 is 5.97 Å². The van der Waals surface area contributed by atoms with Crippen LogP contribution in [0.3, 0.4) is 0 Å². The summed E-state index contributed by atoms with van der Waals surface area (Å²) in [5.41, 5.74) is 2.14. The van der Waals surface area contributed by atoms with Gasteiger partial charge in [0.15, 0.2) is 0 Å². The minimum atomic E-state index is -0.415. The lowest BCUT2D eigenvalue weighted by Crippen LogP contribution is -2.08. The highest BCUT2D eigenvalue weighted by atomic mass is 16.5. The van der Waals surface area contributed by atoms with Gasteiger partial charge in [-0.2, -0.15) is 0 Å². The molecular formula is C19H12N2O2. The van der Waals surface area contributed by atoms with Gasteiger partial charge in [0, 0.05) is 35.9 Å². The molecule has 2 aromatic heterocycles. The van der Waals surface area contributed by atoms with E-state index in [1.165, 1.54) is 0 Å². The Hall–Kier alpha value is -3.45. The van der Waals surface area contributed by atoms with Gasteiger partial charge in [-0.05, 0) is 48.5 Å². The monoisotopic (exact) mass is 300 g/mol. The van der Waals surface area contributed by atoms with Crippen LogP contribution < -0.4 is 4.74 Å². The zero-order valence-electron chi connectivity index (χ0n) is 12.1. The fourth-order valence-corrected chi connectivity index (χ4v) is 1.84. The van der Waals surface area contributed by atoms with Crippen molar-refractivity contribution >= 4 is 5.97 Å². The molecule has 0 aliphatic heterocycles. The smallest absolute Gasteiger partial charge is 0.343 e. The number of pyridine rings is 2. The Kier molecular flexibility index (Phi) is 4.41. The van der Waals surface area contributed by atoms with Crippen molar-refractivity contribution in [3.8, 4) is 17.6 Å². The van der Waals surface area contributed by atoms with E-state index >= 15 is 0 Å². The summed E-state index contributed by atoms with van der Waals surface area (Å²) in [6, 6.07) is 14.0. The van der Waals surface area contributed by atoms with Crippen molar-refractivity contribution in [1.29, 1.82) is 0 Å². The van der Waals surface area contributed by atoms with Gasteiger partial charge in [-0.1, -0.05) is 11.8 Å². The topological polar surface area (TPSA) is 52.1 Å². The Balaban J connectivity index is 1.68. The molecule has 3 aromatic rings. The molecule has 4 nitrogen and oxygen atoms in total. The van der Waals surface area contributed by atoms with E-state index in [9.17, 15) is 4.79 Å². The molecule has 4 heteroatoms. The van der Waals surface area contributed by atoms with E-state index in [-0.39, 0.29) is 0 Å². The van der Waals surface area contributed by atoms with Crippen molar-refractivity contribution in [1.82, 2.24) is 9.97 Å². The zero-order valence-corrected chi connectivity index (χ0v) is 12.1. The Labute approximate surface area is 133 Å². The van der Waals surface area contributed by atoms with Crippen molar-refractivity contribution in [3.05, 3.63) is 90.0 Å². The van der Waals surface area contributed by atoms with E-state index in [1.54, 1.807) is 61.2 Å². The molecule has 0 saturated carbocycles. The molecule has 0 amide bonds. The number of esters is 1. The highest BCUT2D eigenvalue weighted by molar-refractivity contribution is 5.90. The van der Waals surface area contributed by atoms with Gasteiger partial charge in [0.25, 0.3) is 0 Å². The number of hydrogen-bond acceptors (Lipinski definition) is 4. The summed E-state index contributed by atoms with van der Waals surface area (Å²) in [5, 5.41) is 0. The van der Waals surface area contributed by atoms with Crippen LogP contribution in [-0.4, -0.2) is 15.9 Å². The van der Waals surface area contributed by atoms with Crippen LogP contribution in [0.1, 0.15) is 21.5 Å². The number of benzene rings is 1. The minimum absolute atomic E-state index is 0.415. The summed E-state index contributed by atoms with van der Waals surface area (Å²) in [7, 11) is 0. The predicted molar refractivity (Wildman–Crippen MR) is 85.9 cm³/mol. The number of aromatic nitrogens is 2. The van der Waals surface area contributed by atoms with Gasteiger partial charge in [-0.3, -0.25) is 9.97 Å². The van der Waals surface area contributed by atoms with Gasteiger partial charge in [0.1, 0.15) is 5.75 Å². The van der Waals surface area contributed by atoms with E-state index in [0.29, 0.717) is 11.3 Å². The minimum Gasteiger partial charge on any atom is -0.423 e. The molecule has 110 valence electrons. The maximum Gasteiger partial charge on any atom is 0.343 e. The number of ether oxygens (including phenoxy) is 1. The quantitative estimate of drug-likeness (QED) is 0.414. The van der Waals surface area contributed by atoms with Crippen molar-refractivity contribution in [3.63, 3.8) is 0 Å². The first-order valence-corrected chi connectivity index (χ1v) is 6.95. The molecule has 0 aliphatic rings. The fourth-order valence-electron chi connectivity index (χ4n) is 1.84. The van der Waals surface area contributed by atoms with Crippen LogP contribution in [0.5, 0.6) is 5.75 Å². The van der Waals surface area contributed by atoms with Gasteiger partial charge in [-0.15, -0.1) is 0 Å². The number of carbonyl (C=O) groups excluding carboxylic acids is 1. The number of rotatable bonds is 2. The van der Waals surface area contributed by atoms with Gasteiger partial charge in [0.2, 0.25) is 0 Å². The third kappa shape index (κ3) is 4.02. The molecule has 0 bridgehead atoms. The third-order valence-corrected chi connectivity index (χ3v) is 2.99. The standard InChI is InChI=1S/C19H12N2O2/c22-19(17-9-12-20-13-10-17)23-18-7-5-15(6-8-18)3-4-16-2-1-11-21-14-16/h1-2,5-14H. The summed E-state index contributed by atoms with van der Waals surface area (Å²) in [4.78, 5) is 19.8. The molecule has 0 radical (unpaired) electrons. The second-order valence-corrected chi connectivity index (χ2v) is 4.64. The van der Waals surface area contributed by atoms with E-state index in [0.717, 1.165) is 11.1 Å². The van der Waals surface area contributed by atoms with Crippen molar-refractivity contribution in [2.24, 2.45) is 0 Å². The van der Waals surface area contributed by atoms with Crippen molar-refractivity contribution in [2.75, 3.05) is 0 Å². The average Bonchev–Trinajstić information content (AvgIpc) is 2.63. The Bertz CT molecular complexity index is 849. The lowest BCUT2D eigenvalue weighted by Gasteiger charge is -2.03. The first kappa shape index (κ1) is 14.5. The fraction of sp³-hybridized carbons (Fsp3) is 0. The molecule has 0 aliphatic carbocycles. The van der Waals surface area contributed by atoms with E-state index < -0.39 is 5.97 Å². The summed E-state index contributed by atoms with van der Waals surface area (Å²) >= 11 is 0. The van der Waals surface area contributed by atoms with Crippen LogP contribution in [0.2, 0.25) is 0 Å². The van der Waals surface area contributed by atoms with Crippen LogP contribution in [0.4, 0.5) is 0 Å². The maximum atomic E-state index is 11.9. The molecule has 0 atom stereocenters. The Morgan fingerprint density at radius 1 is 0.826 bits per heavy atom. The van der Waals surface area contributed by atoms with Crippen molar-refractivity contribution < 1.29 is 9.53 Å². The first-order chi connectivity index (χ1) is 11.3. The first-order valence-electron chi connectivity index (χ1n) is 6.95. The molecule has 23 heavy (non-hydrogen) atoms. The van der Waals surface area contributed by atoms with Crippen LogP contribution in [0.25, 0.3) is 0 Å². The summed E-state index contributed by atoms with van der Waals surface area (Å²) in [6.07, 6.45) is 6.51. The third-order valence-electron chi connectivity index (χ3n) is 2.99. The van der Waals surface area contributed by atoms with Crippen LogP contribution >= 0.6 is 0 Å². The number of nitrogens with zero attached hydrogens (tertiary/aromatic N) is 2. The zero-order chi connectivity index (χ0) is 15.9. The van der Waals surface area contributed by atoms with Gasteiger partial charge in [0.05, 0.1) is 5.56 Å². The molecule has 3 rings (SSSR count). The molecule has 0 unspecified atom stereocenters. The Morgan fingerprint density at radius 2 is 1.57 bits per heavy atom. The number of carbonyl (C=O) groups is 1. The number of hydrogen-bond donors (Lipinski definition) is 0. The van der Waals surface area contributed by atoms with Crippen LogP contribution in [0, 0.1) is 11.8 Å². The summed E-state index contributed by atoms with van der Waals surface area (Å²) in [5.74, 6) is 6.11. The predicted octanol–water partition coefficient (Wildman–Crippen LogP) is 3.10. The van der Waals surface area contributed by atoms with Crippen LogP contribution in [-0.2, 0) is 0 Å². The molecule has 1 aromatic carbocycles. The van der Waals surface area contributed by atoms with Crippen LogP contribution in [0.15, 0.2) is 73.3 Å². The van der Waals surface area contributed by atoms with Crippen molar-refractivity contribution in [2.45, 2.75) is 0 Å². The lowest BCUT2D eigenvalue weighted by molar-refractivity contribution is 0.0734. The second-order valence-electron chi connectivity index (χ2n) is 4.64. The van der Waals surface area contributed by atoms with E-state index in [1.807, 2.05) is 12.1 Å². The molecular weight excluding hydrogens is 288 g/mol. The highest BCUT2D eigenvalue weighted by Gasteiger charge is 2.07. The Morgan fingerprint density at radius 3 is 2.26 bits per heavy atom. The average molecular weight is 300 g/mol. The molecule has 0 spiro atoms. The van der Waals surface area contributed by atoms with E-state index in [2.05, 4.69) is 21.8 Å².